The summed E-state index contributed by atoms with van der Waals surface area (Å²) in [4.78, 5) is 18.9. The molecule has 0 radical (unpaired) electrons. The van der Waals surface area contributed by atoms with Gasteiger partial charge in [0.2, 0.25) is 17.6 Å². The van der Waals surface area contributed by atoms with E-state index in [1.165, 1.54) is 28.4 Å². The van der Waals surface area contributed by atoms with Crippen LogP contribution < -0.4 is 0 Å². The van der Waals surface area contributed by atoms with Gasteiger partial charge in [0.15, 0.2) is 0 Å². The average molecular weight is 331 g/mol. The average Bonchev–Trinajstić information content (AvgIpc) is 3.20. The lowest BCUT2D eigenvalue weighted by Gasteiger charge is -2.14. The highest BCUT2D eigenvalue weighted by atomic mass is 32.1. The van der Waals surface area contributed by atoms with Gasteiger partial charge < -0.3 is 9.42 Å². The van der Waals surface area contributed by atoms with Crippen molar-refractivity contribution in [2.45, 2.75) is 13.0 Å². The first-order chi connectivity index (χ1) is 11.1. The van der Waals surface area contributed by atoms with E-state index in [1.54, 1.807) is 19.2 Å². The number of halogens is 1. The Balaban J connectivity index is 1.61. The lowest BCUT2D eigenvalue weighted by Crippen LogP contribution is -2.27. The van der Waals surface area contributed by atoms with E-state index in [1.807, 2.05) is 17.5 Å². The van der Waals surface area contributed by atoms with Crippen molar-refractivity contribution in [3.05, 3.63) is 59.0 Å². The minimum absolute atomic E-state index is 0.104. The molecule has 0 aliphatic carbocycles. The zero-order valence-electron chi connectivity index (χ0n) is 12.4. The van der Waals surface area contributed by atoms with E-state index in [9.17, 15) is 9.18 Å². The Morgan fingerprint density at radius 3 is 2.78 bits per heavy atom. The SMILES string of the molecule is CN(Cc1nc(-c2cccs2)no1)C(=O)Cc1ccc(F)cc1. The van der Waals surface area contributed by atoms with Crippen molar-refractivity contribution < 1.29 is 13.7 Å². The van der Waals surface area contributed by atoms with Gasteiger partial charge in [-0.3, -0.25) is 4.79 Å². The Morgan fingerprint density at radius 1 is 1.30 bits per heavy atom. The van der Waals surface area contributed by atoms with E-state index in [-0.39, 0.29) is 24.7 Å². The zero-order chi connectivity index (χ0) is 16.2. The monoisotopic (exact) mass is 331 g/mol. The molecule has 3 aromatic rings. The Bertz CT molecular complexity index is 784. The predicted molar refractivity (Wildman–Crippen MR) is 84.2 cm³/mol. The molecule has 0 N–H and O–H groups in total. The van der Waals surface area contributed by atoms with Gasteiger partial charge in [-0.25, -0.2) is 4.39 Å². The number of amides is 1. The second kappa shape index (κ2) is 6.70. The molecule has 0 unspecified atom stereocenters. The van der Waals surface area contributed by atoms with Crippen molar-refractivity contribution >= 4 is 17.2 Å². The van der Waals surface area contributed by atoms with Gasteiger partial charge in [0.25, 0.3) is 0 Å². The van der Waals surface area contributed by atoms with Crippen LogP contribution in [-0.2, 0) is 17.8 Å². The van der Waals surface area contributed by atoms with Crippen molar-refractivity contribution in [3.8, 4) is 10.7 Å². The fourth-order valence-corrected chi connectivity index (χ4v) is 2.68. The Kier molecular flexibility index (Phi) is 4.47. The van der Waals surface area contributed by atoms with Gasteiger partial charge in [0.1, 0.15) is 5.82 Å². The third-order valence-corrected chi connectivity index (χ3v) is 4.14. The van der Waals surface area contributed by atoms with Crippen LogP contribution in [0.1, 0.15) is 11.5 Å². The molecule has 1 aromatic carbocycles. The summed E-state index contributed by atoms with van der Waals surface area (Å²) in [5, 5.41) is 5.84. The maximum atomic E-state index is 12.9. The molecule has 0 saturated carbocycles. The summed E-state index contributed by atoms with van der Waals surface area (Å²) in [7, 11) is 1.67. The van der Waals surface area contributed by atoms with Crippen molar-refractivity contribution in [3.63, 3.8) is 0 Å². The van der Waals surface area contributed by atoms with Crippen LogP contribution in [0.2, 0.25) is 0 Å². The fraction of sp³-hybridized carbons (Fsp3) is 0.188. The van der Waals surface area contributed by atoms with E-state index in [4.69, 9.17) is 4.52 Å². The lowest BCUT2D eigenvalue weighted by atomic mass is 10.1. The van der Waals surface area contributed by atoms with Gasteiger partial charge in [-0.2, -0.15) is 4.98 Å². The maximum absolute atomic E-state index is 12.9. The van der Waals surface area contributed by atoms with Crippen LogP contribution in [0.4, 0.5) is 4.39 Å². The van der Waals surface area contributed by atoms with E-state index in [0.29, 0.717) is 11.7 Å². The molecule has 0 bridgehead atoms. The first-order valence-electron chi connectivity index (χ1n) is 6.96. The van der Waals surface area contributed by atoms with E-state index in [2.05, 4.69) is 10.1 Å². The van der Waals surface area contributed by atoms with Crippen molar-refractivity contribution in [2.24, 2.45) is 0 Å². The number of rotatable bonds is 5. The van der Waals surface area contributed by atoms with E-state index in [0.717, 1.165) is 10.4 Å². The summed E-state index contributed by atoms with van der Waals surface area (Å²) in [6, 6.07) is 9.70. The summed E-state index contributed by atoms with van der Waals surface area (Å²) in [6.45, 7) is 0.235. The first kappa shape index (κ1) is 15.4. The third kappa shape index (κ3) is 3.81. The van der Waals surface area contributed by atoms with E-state index < -0.39 is 0 Å². The molecule has 0 spiro atoms. The summed E-state index contributed by atoms with van der Waals surface area (Å²) in [5.41, 5.74) is 0.757. The summed E-state index contributed by atoms with van der Waals surface area (Å²) in [6.07, 6.45) is 0.197. The molecule has 0 saturated heterocycles. The van der Waals surface area contributed by atoms with Crippen LogP contribution in [0.5, 0.6) is 0 Å². The molecule has 0 aliphatic rings. The third-order valence-electron chi connectivity index (χ3n) is 3.28. The molecular weight excluding hydrogens is 317 g/mol. The molecule has 0 atom stereocenters. The number of hydrogen-bond donors (Lipinski definition) is 0. The summed E-state index contributed by atoms with van der Waals surface area (Å²) >= 11 is 1.52. The molecular formula is C16H14FN3O2S. The minimum atomic E-state index is -0.318. The van der Waals surface area contributed by atoms with Gasteiger partial charge in [-0.05, 0) is 29.1 Å². The zero-order valence-corrected chi connectivity index (χ0v) is 13.2. The highest BCUT2D eigenvalue weighted by Gasteiger charge is 2.15. The van der Waals surface area contributed by atoms with Crippen molar-refractivity contribution in [1.82, 2.24) is 15.0 Å². The van der Waals surface area contributed by atoms with Crippen molar-refractivity contribution in [2.75, 3.05) is 7.05 Å². The van der Waals surface area contributed by atoms with Gasteiger partial charge in [-0.15, -0.1) is 11.3 Å². The number of nitrogens with zero attached hydrogens (tertiary/aromatic N) is 3. The van der Waals surface area contributed by atoms with E-state index >= 15 is 0 Å². The predicted octanol–water partition coefficient (Wildman–Crippen LogP) is 3.14. The van der Waals surface area contributed by atoms with Crippen LogP contribution in [0, 0.1) is 5.82 Å². The van der Waals surface area contributed by atoms with Gasteiger partial charge in [0, 0.05) is 7.05 Å². The van der Waals surface area contributed by atoms with Crippen molar-refractivity contribution in [1.29, 1.82) is 0 Å². The summed E-state index contributed by atoms with van der Waals surface area (Å²) < 4.78 is 18.0. The van der Waals surface area contributed by atoms with Gasteiger partial charge in [-0.1, -0.05) is 23.4 Å². The number of aromatic nitrogens is 2. The largest absolute Gasteiger partial charge is 0.337 e. The highest BCUT2D eigenvalue weighted by Crippen LogP contribution is 2.21. The molecule has 0 aliphatic heterocycles. The molecule has 3 rings (SSSR count). The second-order valence-electron chi connectivity index (χ2n) is 5.04. The van der Waals surface area contributed by atoms with Gasteiger partial charge >= 0.3 is 0 Å². The topological polar surface area (TPSA) is 59.2 Å². The molecule has 1 amide bonds. The number of likely N-dealkylation sites (N-methyl/N-ethyl adjacent to an activating group) is 1. The highest BCUT2D eigenvalue weighted by molar-refractivity contribution is 7.13. The quantitative estimate of drug-likeness (QED) is 0.721. The standard InChI is InChI=1S/C16H14FN3O2S/c1-20(15(21)9-11-4-6-12(17)7-5-11)10-14-18-16(19-22-14)13-3-2-8-23-13/h2-8H,9-10H2,1H3. The molecule has 7 heteroatoms. The second-order valence-corrected chi connectivity index (χ2v) is 5.99. The number of benzene rings is 1. The Labute approximate surface area is 136 Å². The number of carbonyl (C=O) groups is 1. The van der Waals surface area contributed by atoms with Crippen LogP contribution in [0.15, 0.2) is 46.3 Å². The molecule has 118 valence electrons. The molecule has 0 fully saturated rings. The normalized spacial score (nSPS) is 10.7. The minimum Gasteiger partial charge on any atom is -0.337 e. The molecule has 23 heavy (non-hydrogen) atoms. The number of carbonyl (C=O) groups excluding carboxylic acids is 1. The Morgan fingerprint density at radius 2 is 2.09 bits per heavy atom. The van der Waals surface area contributed by atoms with Gasteiger partial charge in [0.05, 0.1) is 17.8 Å². The summed E-state index contributed by atoms with van der Waals surface area (Å²) in [5.74, 6) is 0.478. The Hall–Kier alpha value is -2.54. The van der Waals surface area contributed by atoms with Crippen LogP contribution in [0.3, 0.4) is 0 Å². The fourth-order valence-electron chi connectivity index (χ4n) is 2.03. The molecule has 5 nitrogen and oxygen atoms in total. The first-order valence-corrected chi connectivity index (χ1v) is 7.84. The van der Waals surface area contributed by atoms with Crippen LogP contribution in [0.25, 0.3) is 10.7 Å². The lowest BCUT2D eigenvalue weighted by molar-refractivity contribution is -0.130. The molecule has 2 aromatic heterocycles. The number of thiophene rings is 1. The number of hydrogen-bond acceptors (Lipinski definition) is 5. The maximum Gasteiger partial charge on any atom is 0.246 e. The van der Waals surface area contributed by atoms with Crippen LogP contribution in [-0.4, -0.2) is 28.0 Å². The smallest absolute Gasteiger partial charge is 0.246 e. The van der Waals surface area contributed by atoms with Crippen LogP contribution >= 0.6 is 11.3 Å². The molecule has 2 heterocycles.